The van der Waals surface area contributed by atoms with E-state index in [0.717, 1.165) is 23.7 Å². The predicted octanol–water partition coefficient (Wildman–Crippen LogP) is 4.31. The Hall–Kier alpha value is -0.610. The molecule has 1 aromatic heterocycles. The Balaban J connectivity index is 1.44. The molecule has 5 rings (SSSR count). The van der Waals surface area contributed by atoms with Crippen LogP contribution in [0.4, 0.5) is 0 Å². The van der Waals surface area contributed by atoms with Crippen LogP contribution in [-0.2, 0) is 0 Å². The van der Waals surface area contributed by atoms with Crippen LogP contribution >= 0.6 is 11.6 Å². The van der Waals surface area contributed by atoms with Gasteiger partial charge in [0.2, 0.25) is 5.89 Å². The van der Waals surface area contributed by atoms with Gasteiger partial charge in [0.25, 0.3) is 0 Å². The fraction of sp³-hybridized carbons (Fsp3) is 0.895. The predicted molar refractivity (Wildman–Crippen MR) is 93.3 cm³/mol. The minimum absolute atomic E-state index is 0.396. The topological polar surface area (TPSA) is 42.2 Å². The van der Waals surface area contributed by atoms with Crippen LogP contribution in [0.3, 0.4) is 0 Å². The highest BCUT2D eigenvalue weighted by molar-refractivity contribution is 6.20. The van der Waals surface area contributed by atoms with E-state index in [1.54, 1.807) is 0 Å². The summed E-state index contributed by atoms with van der Waals surface area (Å²) < 4.78 is 5.83. The summed E-state index contributed by atoms with van der Waals surface area (Å²) >= 11 is 6.36. The molecule has 2 unspecified atom stereocenters. The molecule has 2 bridgehead atoms. The summed E-state index contributed by atoms with van der Waals surface area (Å²) in [4.78, 5) is 7.48. The molecule has 24 heavy (non-hydrogen) atoms. The van der Waals surface area contributed by atoms with Crippen molar-refractivity contribution in [3.8, 4) is 0 Å². The Morgan fingerprint density at radius 1 is 1.04 bits per heavy atom. The van der Waals surface area contributed by atoms with E-state index in [1.165, 1.54) is 57.8 Å². The Morgan fingerprint density at radius 3 is 2.58 bits per heavy atom. The molecule has 132 valence electrons. The molecular weight excluding hydrogens is 322 g/mol. The van der Waals surface area contributed by atoms with Gasteiger partial charge in [-0.15, -0.1) is 11.6 Å². The maximum atomic E-state index is 6.36. The Bertz CT molecular complexity index is 593. The number of rotatable bonds is 3. The molecule has 4 nitrogen and oxygen atoms in total. The van der Waals surface area contributed by atoms with Gasteiger partial charge in [-0.3, -0.25) is 4.90 Å². The van der Waals surface area contributed by atoms with Crippen LogP contribution in [0.5, 0.6) is 0 Å². The van der Waals surface area contributed by atoms with E-state index in [-0.39, 0.29) is 0 Å². The van der Waals surface area contributed by atoms with Crippen LogP contribution in [0.15, 0.2) is 4.52 Å². The summed E-state index contributed by atoms with van der Waals surface area (Å²) in [5.41, 5.74) is 0. The van der Waals surface area contributed by atoms with Gasteiger partial charge < -0.3 is 4.52 Å². The number of aromatic nitrogens is 2. The molecule has 5 heteroatoms. The Labute approximate surface area is 149 Å². The standard InChI is InChI=1S/C19H28ClN3O/c1-23-14-8-9-16(23)17(19-21-18(22-24-19)12-2-3-12)15(10-14)11-4-6-13(20)7-5-11/h11-17H,2-10H2,1H3/t11?,13?,14-,15-,16?,17?/m1/s1. The molecule has 3 heterocycles. The fourth-order valence-corrected chi connectivity index (χ4v) is 5.99. The number of likely N-dealkylation sites (N-methyl/N-ethyl adjacent to an activating group) is 1. The Kier molecular flexibility index (Phi) is 3.89. The van der Waals surface area contributed by atoms with E-state index >= 15 is 0 Å². The lowest BCUT2D eigenvalue weighted by atomic mass is 9.68. The maximum absolute atomic E-state index is 6.36. The molecule has 2 saturated carbocycles. The molecule has 4 atom stereocenters. The first-order chi connectivity index (χ1) is 11.7. The molecule has 4 fully saturated rings. The van der Waals surface area contributed by atoms with Gasteiger partial charge in [0.05, 0.1) is 5.92 Å². The lowest BCUT2D eigenvalue weighted by molar-refractivity contribution is 0.0497. The van der Waals surface area contributed by atoms with E-state index in [2.05, 4.69) is 17.1 Å². The normalized spacial score (nSPS) is 43.2. The second-order valence-electron chi connectivity index (χ2n) is 8.67. The number of fused-ring (bicyclic) bond motifs is 2. The van der Waals surface area contributed by atoms with E-state index < -0.39 is 0 Å². The van der Waals surface area contributed by atoms with Crippen molar-refractivity contribution in [2.45, 2.75) is 87.1 Å². The molecule has 2 saturated heterocycles. The summed E-state index contributed by atoms with van der Waals surface area (Å²) in [5.74, 6) is 4.41. The van der Waals surface area contributed by atoms with Crippen LogP contribution in [0.25, 0.3) is 0 Å². The molecule has 0 aromatic carbocycles. The van der Waals surface area contributed by atoms with Gasteiger partial charge in [0, 0.05) is 23.4 Å². The van der Waals surface area contributed by atoms with Gasteiger partial charge in [-0.25, -0.2) is 0 Å². The molecule has 2 aliphatic carbocycles. The van der Waals surface area contributed by atoms with Gasteiger partial charge in [-0.1, -0.05) is 5.16 Å². The van der Waals surface area contributed by atoms with Crippen LogP contribution in [0.2, 0.25) is 0 Å². The van der Waals surface area contributed by atoms with Gasteiger partial charge in [0.15, 0.2) is 5.82 Å². The number of hydrogen-bond donors (Lipinski definition) is 0. The van der Waals surface area contributed by atoms with Crippen molar-refractivity contribution in [3.63, 3.8) is 0 Å². The number of alkyl halides is 1. The largest absolute Gasteiger partial charge is 0.339 e. The fourth-order valence-electron chi connectivity index (χ4n) is 5.73. The van der Waals surface area contributed by atoms with E-state index in [0.29, 0.717) is 29.2 Å². The first-order valence-electron chi connectivity index (χ1n) is 9.90. The van der Waals surface area contributed by atoms with Crippen molar-refractivity contribution >= 4 is 11.6 Å². The number of nitrogens with zero attached hydrogens (tertiary/aromatic N) is 3. The molecule has 4 aliphatic rings. The number of piperidine rings is 1. The molecule has 0 amide bonds. The molecular formula is C19H28ClN3O. The minimum atomic E-state index is 0.396. The van der Waals surface area contributed by atoms with Crippen molar-refractivity contribution in [3.05, 3.63) is 11.7 Å². The van der Waals surface area contributed by atoms with Gasteiger partial charge in [-0.2, -0.15) is 4.98 Å². The highest BCUT2D eigenvalue weighted by Crippen LogP contribution is 2.52. The second-order valence-corrected chi connectivity index (χ2v) is 9.28. The maximum Gasteiger partial charge on any atom is 0.231 e. The third-order valence-electron chi connectivity index (χ3n) is 7.31. The lowest BCUT2D eigenvalue weighted by Crippen LogP contribution is -2.47. The first-order valence-corrected chi connectivity index (χ1v) is 10.3. The zero-order valence-corrected chi connectivity index (χ0v) is 15.3. The van der Waals surface area contributed by atoms with Crippen molar-refractivity contribution in [1.29, 1.82) is 0 Å². The smallest absolute Gasteiger partial charge is 0.231 e. The van der Waals surface area contributed by atoms with Crippen molar-refractivity contribution in [2.24, 2.45) is 11.8 Å². The SMILES string of the molecule is CN1C2CC[C@@H]1C[C@H](C1CCC(Cl)CC1)C2c1nc(C2CC2)no1. The third kappa shape index (κ3) is 2.61. The monoisotopic (exact) mass is 349 g/mol. The van der Waals surface area contributed by atoms with E-state index in [4.69, 9.17) is 21.1 Å². The van der Waals surface area contributed by atoms with Crippen molar-refractivity contribution in [2.75, 3.05) is 7.05 Å². The molecule has 2 aliphatic heterocycles. The molecule has 0 N–H and O–H groups in total. The zero-order valence-electron chi connectivity index (χ0n) is 14.5. The number of hydrogen-bond acceptors (Lipinski definition) is 4. The average molecular weight is 350 g/mol. The highest BCUT2D eigenvalue weighted by atomic mass is 35.5. The van der Waals surface area contributed by atoms with Crippen molar-refractivity contribution < 1.29 is 4.52 Å². The zero-order chi connectivity index (χ0) is 16.3. The summed E-state index contributed by atoms with van der Waals surface area (Å²) in [6.45, 7) is 0. The van der Waals surface area contributed by atoms with Crippen LogP contribution in [0, 0.1) is 11.8 Å². The molecule has 0 spiro atoms. The second kappa shape index (κ2) is 5.98. The average Bonchev–Trinajstić information content (AvgIpc) is 3.28. The summed E-state index contributed by atoms with van der Waals surface area (Å²) in [5, 5.41) is 4.72. The molecule has 0 radical (unpaired) electrons. The summed E-state index contributed by atoms with van der Waals surface area (Å²) in [7, 11) is 2.30. The van der Waals surface area contributed by atoms with Gasteiger partial charge in [0.1, 0.15) is 0 Å². The minimum Gasteiger partial charge on any atom is -0.339 e. The Morgan fingerprint density at radius 2 is 1.83 bits per heavy atom. The quantitative estimate of drug-likeness (QED) is 0.762. The highest BCUT2D eigenvalue weighted by Gasteiger charge is 2.51. The summed E-state index contributed by atoms with van der Waals surface area (Å²) in [6.07, 6.45) is 11.3. The third-order valence-corrected chi connectivity index (χ3v) is 7.74. The number of halogens is 1. The van der Waals surface area contributed by atoms with E-state index in [1.807, 2.05) is 0 Å². The summed E-state index contributed by atoms with van der Waals surface area (Å²) in [6, 6.07) is 1.35. The van der Waals surface area contributed by atoms with Gasteiger partial charge >= 0.3 is 0 Å². The lowest BCUT2D eigenvalue weighted by Gasteiger charge is -2.45. The van der Waals surface area contributed by atoms with E-state index in [9.17, 15) is 0 Å². The van der Waals surface area contributed by atoms with Crippen LogP contribution < -0.4 is 0 Å². The molecule has 1 aromatic rings. The van der Waals surface area contributed by atoms with Gasteiger partial charge in [-0.05, 0) is 76.7 Å². The van der Waals surface area contributed by atoms with Crippen molar-refractivity contribution in [1.82, 2.24) is 15.0 Å². The first kappa shape index (κ1) is 15.6. The van der Waals surface area contributed by atoms with Crippen LogP contribution in [-0.4, -0.2) is 39.5 Å². The van der Waals surface area contributed by atoms with Crippen LogP contribution in [0.1, 0.15) is 81.3 Å².